The van der Waals surface area contributed by atoms with Crippen molar-refractivity contribution in [2.45, 2.75) is 38.7 Å². The molecule has 1 fully saturated rings. The van der Waals surface area contributed by atoms with Gasteiger partial charge in [-0.15, -0.1) is 0 Å². The van der Waals surface area contributed by atoms with Crippen molar-refractivity contribution >= 4 is 5.91 Å². The lowest BCUT2D eigenvalue weighted by molar-refractivity contribution is -0.133. The summed E-state index contributed by atoms with van der Waals surface area (Å²) in [6, 6.07) is 6.13. The Morgan fingerprint density at radius 1 is 1.32 bits per heavy atom. The van der Waals surface area contributed by atoms with Gasteiger partial charge < -0.3 is 14.4 Å². The average Bonchev–Trinajstić information content (AvgIpc) is 2.77. The van der Waals surface area contributed by atoms with E-state index in [9.17, 15) is 9.18 Å². The van der Waals surface area contributed by atoms with Crippen LogP contribution in [0.1, 0.15) is 32.6 Å². The third-order valence-electron chi connectivity index (χ3n) is 3.77. The molecule has 4 nitrogen and oxygen atoms in total. The molecule has 0 radical (unpaired) electrons. The van der Waals surface area contributed by atoms with Gasteiger partial charge in [-0.05, 0) is 37.8 Å². The zero-order chi connectivity index (χ0) is 15.8. The Bertz CT molecular complexity index is 481. The third kappa shape index (κ3) is 4.98. The lowest BCUT2D eigenvalue weighted by atomic mass is 10.2. The molecule has 1 aromatic carbocycles. The summed E-state index contributed by atoms with van der Waals surface area (Å²) in [6.07, 6.45) is 4.02. The van der Waals surface area contributed by atoms with Gasteiger partial charge in [-0.2, -0.15) is 0 Å². The molecule has 0 bridgehead atoms. The van der Waals surface area contributed by atoms with E-state index in [0.717, 1.165) is 32.3 Å². The minimum atomic E-state index is -0.445. The Kier molecular flexibility index (Phi) is 6.65. The number of hydrogen-bond donors (Lipinski definition) is 0. The van der Waals surface area contributed by atoms with Gasteiger partial charge >= 0.3 is 0 Å². The molecular formula is C17H24FNO3. The second kappa shape index (κ2) is 8.73. The molecule has 0 saturated carbocycles. The second-order valence-electron chi connectivity index (χ2n) is 5.52. The first-order chi connectivity index (χ1) is 10.7. The quantitative estimate of drug-likeness (QED) is 0.811. The van der Waals surface area contributed by atoms with Gasteiger partial charge in [0, 0.05) is 19.7 Å². The fraction of sp³-hybridized carbons (Fsp3) is 0.588. The molecule has 1 atom stereocenters. The van der Waals surface area contributed by atoms with E-state index in [1.54, 1.807) is 17.0 Å². The predicted octanol–water partition coefficient (Wildman–Crippen LogP) is 3.01. The van der Waals surface area contributed by atoms with Crippen LogP contribution in [0.4, 0.5) is 4.39 Å². The number of hydrogen-bond acceptors (Lipinski definition) is 3. The molecule has 1 amide bonds. The SMILES string of the molecule is CCCO[C@H]1CCCN(C(=O)COc2ccccc2F)CC1. The van der Waals surface area contributed by atoms with Crippen molar-refractivity contribution < 1.29 is 18.7 Å². The van der Waals surface area contributed by atoms with E-state index in [4.69, 9.17) is 9.47 Å². The highest BCUT2D eigenvalue weighted by molar-refractivity contribution is 5.77. The summed E-state index contributed by atoms with van der Waals surface area (Å²) in [5.74, 6) is -0.423. The largest absolute Gasteiger partial charge is 0.481 e. The summed E-state index contributed by atoms with van der Waals surface area (Å²) < 4.78 is 24.5. The van der Waals surface area contributed by atoms with E-state index < -0.39 is 5.82 Å². The van der Waals surface area contributed by atoms with Crippen LogP contribution in [0.15, 0.2) is 24.3 Å². The molecule has 1 heterocycles. The van der Waals surface area contributed by atoms with Gasteiger partial charge in [-0.1, -0.05) is 19.1 Å². The number of para-hydroxylation sites is 1. The predicted molar refractivity (Wildman–Crippen MR) is 82.4 cm³/mol. The maximum Gasteiger partial charge on any atom is 0.260 e. The van der Waals surface area contributed by atoms with Crippen LogP contribution >= 0.6 is 0 Å². The van der Waals surface area contributed by atoms with E-state index in [1.807, 2.05) is 0 Å². The topological polar surface area (TPSA) is 38.8 Å². The van der Waals surface area contributed by atoms with Gasteiger partial charge in [0.05, 0.1) is 6.10 Å². The van der Waals surface area contributed by atoms with Gasteiger partial charge in [-0.25, -0.2) is 4.39 Å². The molecule has 1 aliphatic rings. The first kappa shape index (κ1) is 16.7. The van der Waals surface area contributed by atoms with E-state index in [-0.39, 0.29) is 24.4 Å². The van der Waals surface area contributed by atoms with E-state index in [2.05, 4.69) is 6.92 Å². The summed E-state index contributed by atoms with van der Waals surface area (Å²) in [7, 11) is 0. The van der Waals surface area contributed by atoms with E-state index in [1.165, 1.54) is 12.1 Å². The van der Waals surface area contributed by atoms with Crippen molar-refractivity contribution in [1.82, 2.24) is 4.90 Å². The minimum Gasteiger partial charge on any atom is -0.481 e. The molecular weight excluding hydrogens is 285 g/mol. The summed E-state index contributed by atoms with van der Waals surface area (Å²) in [5, 5.41) is 0. The number of ether oxygens (including phenoxy) is 2. The Morgan fingerprint density at radius 3 is 2.91 bits per heavy atom. The van der Waals surface area contributed by atoms with Gasteiger partial charge in [-0.3, -0.25) is 4.79 Å². The molecule has 0 N–H and O–H groups in total. The Morgan fingerprint density at radius 2 is 2.14 bits per heavy atom. The van der Waals surface area contributed by atoms with Crippen molar-refractivity contribution in [3.63, 3.8) is 0 Å². The van der Waals surface area contributed by atoms with Crippen LogP contribution in [0.5, 0.6) is 5.75 Å². The molecule has 1 saturated heterocycles. The number of benzene rings is 1. The number of halogens is 1. The Balaban J connectivity index is 1.79. The lowest BCUT2D eigenvalue weighted by Crippen LogP contribution is -2.36. The van der Waals surface area contributed by atoms with Crippen molar-refractivity contribution in [1.29, 1.82) is 0 Å². The standard InChI is InChI=1S/C17H24FNO3/c1-2-12-21-14-6-5-10-19(11-9-14)17(20)13-22-16-8-4-3-7-15(16)18/h3-4,7-8,14H,2,5-6,9-13H2,1H3/t14-/m0/s1. The molecule has 2 rings (SSSR count). The zero-order valence-electron chi connectivity index (χ0n) is 13.1. The summed E-state index contributed by atoms with van der Waals surface area (Å²) >= 11 is 0. The molecule has 5 heteroatoms. The number of carbonyl (C=O) groups is 1. The summed E-state index contributed by atoms with van der Waals surface area (Å²) in [5.41, 5.74) is 0. The maximum absolute atomic E-state index is 13.5. The van der Waals surface area contributed by atoms with Gasteiger partial charge in [0.15, 0.2) is 18.2 Å². The summed E-state index contributed by atoms with van der Waals surface area (Å²) in [6.45, 7) is 4.13. The second-order valence-corrected chi connectivity index (χ2v) is 5.52. The normalized spacial score (nSPS) is 18.8. The van der Waals surface area contributed by atoms with Crippen LogP contribution in [0.2, 0.25) is 0 Å². The third-order valence-corrected chi connectivity index (χ3v) is 3.77. The van der Waals surface area contributed by atoms with Crippen LogP contribution < -0.4 is 4.74 Å². The maximum atomic E-state index is 13.5. The average molecular weight is 309 g/mol. The van der Waals surface area contributed by atoms with Crippen molar-refractivity contribution in [2.75, 3.05) is 26.3 Å². The molecule has 1 aromatic rings. The van der Waals surface area contributed by atoms with E-state index >= 15 is 0 Å². The number of likely N-dealkylation sites (tertiary alicyclic amines) is 1. The highest BCUT2D eigenvalue weighted by atomic mass is 19.1. The summed E-state index contributed by atoms with van der Waals surface area (Å²) in [4.78, 5) is 14.0. The van der Waals surface area contributed by atoms with Crippen molar-refractivity contribution in [3.05, 3.63) is 30.1 Å². The highest BCUT2D eigenvalue weighted by Gasteiger charge is 2.21. The number of amides is 1. The molecule has 0 aliphatic carbocycles. The van der Waals surface area contributed by atoms with Crippen LogP contribution in [0, 0.1) is 5.82 Å². The molecule has 0 spiro atoms. The van der Waals surface area contributed by atoms with Gasteiger partial charge in [0.25, 0.3) is 5.91 Å². The molecule has 0 aromatic heterocycles. The number of nitrogens with zero attached hydrogens (tertiary/aromatic N) is 1. The number of carbonyl (C=O) groups excluding carboxylic acids is 1. The number of rotatable bonds is 6. The molecule has 0 unspecified atom stereocenters. The van der Waals surface area contributed by atoms with Gasteiger partial charge in [0.2, 0.25) is 0 Å². The smallest absolute Gasteiger partial charge is 0.260 e. The molecule has 1 aliphatic heterocycles. The molecule has 122 valence electrons. The van der Waals surface area contributed by atoms with Crippen molar-refractivity contribution in [3.8, 4) is 5.75 Å². The van der Waals surface area contributed by atoms with Crippen molar-refractivity contribution in [2.24, 2.45) is 0 Å². The van der Waals surface area contributed by atoms with Crippen LogP contribution in [-0.2, 0) is 9.53 Å². The monoisotopic (exact) mass is 309 g/mol. The zero-order valence-corrected chi connectivity index (χ0v) is 13.1. The Labute approximate surface area is 131 Å². The lowest BCUT2D eigenvalue weighted by Gasteiger charge is -2.21. The highest BCUT2D eigenvalue weighted by Crippen LogP contribution is 2.17. The van der Waals surface area contributed by atoms with Crippen LogP contribution in [0.25, 0.3) is 0 Å². The van der Waals surface area contributed by atoms with Crippen LogP contribution in [0.3, 0.4) is 0 Å². The minimum absolute atomic E-state index is 0.0978. The fourth-order valence-corrected chi connectivity index (χ4v) is 2.56. The Hall–Kier alpha value is -1.62. The first-order valence-electron chi connectivity index (χ1n) is 7.97. The van der Waals surface area contributed by atoms with Gasteiger partial charge in [0.1, 0.15) is 0 Å². The van der Waals surface area contributed by atoms with Crippen LogP contribution in [-0.4, -0.2) is 43.2 Å². The molecule has 22 heavy (non-hydrogen) atoms. The fourth-order valence-electron chi connectivity index (χ4n) is 2.56. The van der Waals surface area contributed by atoms with E-state index in [0.29, 0.717) is 13.1 Å². The first-order valence-corrected chi connectivity index (χ1v) is 7.97.